The molecular formula is C71H46N6. The van der Waals surface area contributed by atoms with E-state index in [0.717, 1.165) is 89.3 Å². The minimum absolute atomic E-state index is 0.665. The topological polar surface area (TPSA) is 45.5 Å². The van der Waals surface area contributed by atoms with Crippen molar-refractivity contribution in [3.63, 3.8) is 0 Å². The molecule has 0 bridgehead atoms. The minimum atomic E-state index is 0.665. The number of aromatic nitrogens is 6. The number of fused-ring (bicyclic) bond motifs is 14. The number of benzene rings is 11. The van der Waals surface area contributed by atoms with Gasteiger partial charge >= 0.3 is 0 Å². The summed E-state index contributed by atoms with van der Waals surface area (Å²) in [6.07, 6.45) is 0. The first-order valence-corrected chi connectivity index (χ1v) is 26.3. The van der Waals surface area contributed by atoms with Gasteiger partial charge in [0.1, 0.15) is 0 Å². The summed E-state index contributed by atoms with van der Waals surface area (Å²) in [4.78, 5) is 11.1. The van der Waals surface area contributed by atoms with E-state index < -0.39 is 0 Å². The number of para-hydroxylation sites is 6. The first-order valence-electron chi connectivity index (χ1n) is 26.3. The van der Waals surface area contributed by atoms with Crippen LogP contribution in [0.5, 0.6) is 0 Å². The summed E-state index contributed by atoms with van der Waals surface area (Å²) in [5.41, 5.74) is 19.3. The molecule has 5 heterocycles. The molecule has 0 saturated carbocycles. The number of aryl methyl sites for hydroxylation is 1. The second kappa shape index (κ2) is 16.9. The van der Waals surface area contributed by atoms with Gasteiger partial charge in [-0.1, -0.05) is 176 Å². The lowest BCUT2D eigenvalue weighted by Gasteiger charge is -2.18. The van der Waals surface area contributed by atoms with Crippen molar-refractivity contribution in [3.8, 4) is 56.7 Å². The summed E-state index contributed by atoms with van der Waals surface area (Å²) in [5, 5.41) is 9.50. The first kappa shape index (κ1) is 43.1. The Balaban J connectivity index is 1.13. The highest BCUT2D eigenvalue weighted by Crippen LogP contribution is 2.50. The van der Waals surface area contributed by atoms with E-state index in [1.165, 1.54) is 54.3 Å². The maximum absolute atomic E-state index is 5.75. The molecule has 0 N–H and O–H groups in total. The third-order valence-electron chi connectivity index (χ3n) is 15.8. The fourth-order valence-corrected chi connectivity index (χ4v) is 12.7. The molecule has 5 aromatic heterocycles. The molecule has 0 aliphatic heterocycles. The molecule has 0 atom stereocenters. The van der Waals surface area contributed by atoms with Crippen LogP contribution in [0.2, 0.25) is 0 Å². The smallest absolute Gasteiger partial charge is 0.160 e. The van der Waals surface area contributed by atoms with Gasteiger partial charge < -0.3 is 18.3 Å². The molecule has 6 nitrogen and oxygen atoms in total. The van der Waals surface area contributed by atoms with Crippen LogP contribution < -0.4 is 0 Å². The van der Waals surface area contributed by atoms with E-state index in [1.54, 1.807) is 0 Å². The fraction of sp³-hybridized carbons (Fsp3) is 0.0141. The molecule has 11 aromatic carbocycles. The zero-order chi connectivity index (χ0) is 50.7. The van der Waals surface area contributed by atoms with Crippen molar-refractivity contribution < 1.29 is 0 Å². The van der Waals surface area contributed by atoms with Crippen LogP contribution in [-0.4, -0.2) is 28.2 Å². The minimum Gasteiger partial charge on any atom is -0.309 e. The van der Waals surface area contributed by atoms with Gasteiger partial charge in [-0.05, 0) is 97.4 Å². The molecular weight excluding hydrogens is 937 g/mol. The molecule has 0 radical (unpaired) electrons. The van der Waals surface area contributed by atoms with E-state index in [0.29, 0.717) is 5.82 Å². The highest BCUT2D eigenvalue weighted by molar-refractivity contribution is 6.31. The van der Waals surface area contributed by atoms with Crippen LogP contribution >= 0.6 is 0 Å². The summed E-state index contributed by atoms with van der Waals surface area (Å²) in [5.74, 6) is 0.665. The highest BCUT2D eigenvalue weighted by atomic mass is 15.0. The SMILES string of the molecule is Cc1cc2c(c3ccccc3n2-c2ccccc2)c2c1c1c(-c3cc(-c4ccccc4)nc(-c4ccccc4)n3)c(-n3c4ccccc4c4c3ccc3c5ccccc5n(-c5ccccc5)c34)ccc1n2-c1ccccc1. The Kier molecular flexibility index (Phi) is 9.45. The molecule has 0 saturated heterocycles. The molecule has 16 aromatic rings. The lowest BCUT2D eigenvalue weighted by Crippen LogP contribution is -2.02. The molecule has 16 rings (SSSR count). The van der Waals surface area contributed by atoms with Crippen molar-refractivity contribution in [3.05, 3.63) is 266 Å². The van der Waals surface area contributed by atoms with Gasteiger partial charge in [-0.25, -0.2) is 9.97 Å². The van der Waals surface area contributed by atoms with E-state index in [4.69, 9.17) is 9.97 Å². The molecule has 6 heteroatoms. The van der Waals surface area contributed by atoms with E-state index >= 15 is 0 Å². The Morgan fingerprint density at radius 2 is 0.740 bits per heavy atom. The maximum Gasteiger partial charge on any atom is 0.160 e. The normalized spacial score (nSPS) is 12.0. The van der Waals surface area contributed by atoms with Crippen LogP contribution in [0.3, 0.4) is 0 Å². The van der Waals surface area contributed by atoms with Crippen molar-refractivity contribution >= 4 is 87.2 Å². The van der Waals surface area contributed by atoms with Crippen molar-refractivity contribution in [1.29, 1.82) is 0 Å². The Morgan fingerprint density at radius 1 is 0.286 bits per heavy atom. The lowest BCUT2D eigenvalue weighted by atomic mass is 9.96. The van der Waals surface area contributed by atoms with E-state index in [9.17, 15) is 0 Å². The summed E-state index contributed by atoms with van der Waals surface area (Å²) < 4.78 is 9.93. The van der Waals surface area contributed by atoms with Gasteiger partial charge in [-0.15, -0.1) is 0 Å². The molecule has 0 unspecified atom stereocenters. The first-order chi connectivity index (χ1) is 38.2. The monoisotopic (exact) mass is 982 g/mol. The zero-order valence-electron chi connectivity index (χ0n) is 42.0. The third-order valence-corrected chi connectivity index (χ3v) is 15.8. The van der Waals surface area contributed by atoms with Crippen LogP contribution in [0.25, 0.3) is 144 Å². The van der Waals surface area contributed by atoms with Crippen molar-refractivity contribution in [2.24, 2.45) is 0 Å². The summed E-state index contributed by atoms with van der Waals surface area (Å²) in [6.45, 7) is 2.30. The number of hydrogen-bond acceptors (Lipinski definition) is 2. The Labute approximate surface area is 443 Å². The summed E-state index contributed by atoms with van der Waals surface area (Å²) in [7, 11) is 0. The summed E-state index contributed by atoms with van der Waals surface area (Å²) in [6, 6.07) is 94.1. The second-order valence-corrected chi connectivity index (χ2v) is 20.1. The predicted octanol–water partition coefficient (Wildman–Crippen LogP) is 18.2. The molecule has 360 valence electrons. The van der Waals surface area contributed by atoms with E-state index in [1.807, 2.05) is 0 Å². The van der Waals surface area contributed by atoms with Crippen LogP contribution in [-0.2, 0) is 0 Å². The Hall–Kier alpha value is -10.3. The van der Waals surface area contributed by atoms with Crippen molar-refractivity contribution in [2.45, 2.75) is 6.92 Å². The van der Waals surface area contributed by atoms with Crippen molar-refractivity contribution in [1.82, 2.24) is 28.2 Å². The molecule has 0 spiro atoms. The van der Waals surface area contributed by atoms with Gasteiger partial charge in [-0.3, -0.25) is 0 Å². The third kappa shape index (κ3) is 6.36. The average molecular weight is 983 g/mol. The molecule has 0 aliphatic rings. The number of nitrogens with zero attached hydrogens (tertiary/aromatic N) is 6. The molecule has 0 amide bonds. The average Bonchev–Trinajstić information content (AvgIpc) is 4.35. The number of rotatable bonds is 7. The standard InChI is InChI=1S/C71H46N6/c1-45-43-63-66(53-34-18-21-37-58(53)74(63)48-27-11-4-12-28-48)70-64(45)68-62(76(70)50-31-15-6-16-32-50)42-41-61(67(68)56-44-55(46-23-7-2-8-24-46)72-71(73-56)47-25-9-3-10-26-47)77-59-38-22-19-35-54(59)65-60(77)40-39-52-51-33-17-20-36-57(51)75(69(52)65)49-29-13-5-14-30-49/h2-44H,1H3. The fourth-order valence-electron chi connectivity index (χ4n) is 12.7. The van der Waals surface area contributed by atoms with E-state index in [-0.39, 0.29) is 0 Å². The lowest BCUT2D eigenvalue weighted by molar-refractivity contribution is 1.15. The van der Waals surface area contributed by atoms with Crippen LogP contribution in [0.1, 0.15) is 5.56 Å². The Bertz CT molecular complexity index is 4950. The summed E-state index contributed by atoms with van der Waals surface area (Å²) >= 11 is 0. The highest BCUT2D eigenvalue weighted by Gasteiger charge is 2.29. The molecule has 0 aliphatic carbocycles. The largest absolute Gasteiger partial charge is 0.309 e. The zero-order valence-corrected chi connectivity index (χ0v) is 42.0. The second-order valence-electron chi connectivity index (χ2n) is 20.1. The van der Waals surface area contributed by atoms with Gasteiger partial charge in [0.15, 0.2) is 5.82 Å². The molecule has 77 heavy (non-hydrogen) atoms. The van der Waals surface area contributed by atoms with Crippen LogP contribution in [0, 0.1) is 6.92 Å². The van der Waals surface area contributed by atoms with Gasteiger partial charge in [0.25, 0.3) is 0 Å². The van der Waals surface area contributed by atoms with Crippen LogP contribution in [0.15, 0.2) is 261 Å². The van der Waals surface area contributed by atoms with Gasteiger partial charge in [0.05, 0.1) is 61.2 Å². The molecule has 0 fully saturated rings. The van der Waals surface area contributed by atoms with Crippen molar-refractivity contribution in [2.75, 3.05) is 0 Å². The van der Waals surface area contributed by atoms with Gasteiger partial charge in [0, 0.05) is 76.8 Å². The predicted molar refractivity (Wildman–Crippen MR) is 320 cm³/mol. The quantitative estimate of drug-likeness (QED) is 0.160. The Morgan fingerprint density at radius 3 is 1.36 bits per heavy atom. The van der Waals surface area contributed by atoms with Crippen LogP contribution in [0.4, 0.5) is 0 Å². The maximum atomic E-state index is 5.75. The number of hydrogen-bond donors (Lipinski definition) is 0. The van der Waals surface area contributed by atoms with Gasteiger partial charge in [-0.2, -0.15) is 0 Å². The van der Waals surface area contributed by atoms with E-state index in [2.05, 4.69) is 286 Å². The van der Waals surface area contributed by atoms with Gasteiger partial charge in [0.2, 0.25) is 0 Å².